The fourth-order valence-corrected chi connectivity index (χ4v) is 3.45. The molecule has 0 radical (unpaired) electrons. The summed E-state index contributed by atoms with van der Waals surface area (Å²) in [4.78, 5) is 27.9. The average Bonchev–Trinajstić information content (AvgIpc) is 3.17. The van der Waals surface area contributed by atoms with Crippen LogP contribution >= 0.6 is 0 Å². The first-order chi connectivity index (χ1) is 14.5. The topological polar surface area (TPSA) is 115 Å². The van der Waals surface area contributed by atoms with E-state index in [1.807, 2.05) is 30.3 Å². The largest absolute Gasteiger partial charge is 0.353 e. The molecule has 0 saturated carbocycles. The number of hydrogen-bond donors (Lipinski definition) is 2. The Labute approximate surface area is 172 Å². The standard InChI is InChI=1S/C21H20N8O/c1-28-10-16(8-26-28)15-4-14-5-19(25-9-18(14)24-7-15)27-21(30)13-2-3-23-20(6-13)29-11-17(22)12-29/h2-10,17H,11-12,22H2,1H3,(H,25,27,30). The first kappa shape index (κ1) is 18.2. The Bertz CT molecular complexity index is 1240. The molecule has 1 aliphatic heterocycles. The van der Waals surface area contributed by atoms with E-state index in [0.717, 1.165) is 40.9 Å². The molecule has 1 fully saturated rings. The van der Waals surface area contributed by atoms with Crippen LogP contribution in [0.1, 0.15) is 10.4 Å². The smallest absolute Gasteiger partial charge is 0.257 e. The predicted octanol–water partition coefficient (Wildman–Crippen LogP) is 1.82. The third-order valence-corrected chi connectivity index (χ3v) is 5.09. The minimum atomic E-state index is -0.244. The van der Waals surface area contributed by atoms with Crippen molar-refractivity contribution >= 4 is 28.4 Å². The van der Waals surface area contributed by atoms with Crippen molar-refractivity contribution in [3.63, 3.8) is 0 Å². The van der Waals surface area contributed by atoms with Gasteiger partial charge in [0.15, 0.2) is 0 Å². The molecule has 0 atom stereocenters. The molecular weight excluding hydrogens is 380 g/mol. The van der Waals surface area contributed by atoms with E-state index in [4.69, 9.17) is 5.73 Å². The Morgan fingerprint density at radius 3 is 2.73 bits per heavy atom. The van der Waals surface area contributed by atoms with E-state index in [2.05, 4.69) is 25.4 Å². The minimum Gasteiger partial charge on any atom is -0.353 e. The molecule has 1 amide bonds. The number of carbonyl (C=O) groups is 1. The van der Waals surface area contributed by atoms with Gasteiger partial charge in [0.05, 0.1) is 17.9 Å². The zero-order valence-corrected chi connectivity index (χ0v) is 16.4. The number of aryl methyl sites for hydroxylation is 1. The van der Waals surface area contributed by atoms with E-state index in [-0.39, 0.29) is 11.9 Å². The number of aromatic nitrogens is 5. The number of carbonyl (C=O) groups excluding carboxylic acids is 1. The van der Waals surface area contributed by atoms with Gasteiger partial charge in [0.25, 0.3) is 5.91 Å². The highest BCUT2D eigenvalue weighted by molar-refractivity contribution is 6.04. The molecule has 9 heteroatoms. The van der Waals surface area contributed by atoms with E-state index in [1.54, 1.807) is 41.6 Å². The fraction of sp³-hybridized carbons (Fsp3) is 0.190. The number of nitrogens with two attached hydrogens (primary N) is 1. The van der Waals surface area contributed by atoms with E-state index < -0.39 is 0 Å². The summed E-state index contributed by atoms with van der Waals surface area (Å²) in [6, 6.07) is 7.44. The van der Waals surface area contributed by atoms with Crippen LogP contribution in [-0.2, 0) is 7.05 Å². The van der Waals surface area contributed by atoms with Crippen LogP contribution in [0.2, 0.25) is 0 Å². The third-order valence-electron chi connectivity index (χ3n) is 5.09. The molecule has 5 heterocycles. The number of nitrogens with one attached hydrogen (secondary N) is 1. The molecule has 0 spiro atoms. The monoisotopic (exact) mass is 400 g/mol. The van der Waals surface area contributed by atoms with Gasteiger partial charge in [-0.15, -0.1) is 0 Å². The van der Waals surface area contributed by atoms with Gasteiger partial charge in [-0.1, -0.05) is 0 Å². The van der Waals surface area contributed by atoms with Crippen LogP contribution in [0.25, 0.3) is 22.0 Å². The molecule has 0 aromatic carbocycles. The van der Waals surface area contributed by atoms with Crippen LogP contribution < -0.4 is 16.0 Å². The van der Waals surface area contributed by atoms with Crippen molar-refractivity contribution in [2.75, 3.05) is 23.3 Å². The van der Waals surface area contributed by atoms with Gasteiger partial charge in [0.2, 0.25) is 0 Å². The summed E-state index contributed by atoms with van der Waals surface area (Å²) in [6.07, 6.45) is 8.79. The molecule has 0 bridgehead atoms. The Morgan fingerprint density at radius 2 is 1.97 bits per heavy atom. The molecular formula is C21H20N8O. The van der Waals surface area contributed by atoms with Crippen LogP contribution in [0, 0.1) is 0 Å². The molecule has 30 heavy (non-hydrogen) atoms. The van der Waals surface area contributed by atoms with Crippen molar-refractivity contribution in [1.29, 1.82) is 0 Å². The highest BCUT2D eigenvalue weighted by atomic mass is 16.1. The van der Waals surface area contributed by atoms with Crippen molar-refractivity contribution in [1.82, 2.24) is 24.7 Å². The van der Waals surface area contributed by atoms with Crippen LogP contribution in [0.4, 0.5) is 11.6 Å². The zero-order chi connectivity index (χ0) is 20.7. The summed E-state index contributed by atoms with van der Waals surface area (Å²) >= 11 is 0. The molecule has 4 aromatic rings. The maximum Gasteiger partial charge on any atom is 0.257 e. The summed E-state index contributed by atoms with van der Waals surface area (Å²) in [5.74, 6) is 0.967. The lowest BCUT2D eigenvalue weighted by molar-refractivity contribution is 0.102. The molecule has 9 nitrogen and oxygen atoms in total. The SMILES string of the molecule is Cn1cc(-c2cnc3cnc(NC(=O)c4ccnc(N5CC(N)C5)c4)cc3c2)cn1. The molecule has 1 saturated heterocycles. The van der Waals surface area contributed by atoms with Crippen LogP contribution in [-0.4, -0.2) is 49.8 Å². The van der Waals surface area contributed by atoms with Gasteiger partial charge < -0.3 is 16.0 Å². The number of pyridine rings is 3. The fourth-order valence-electron chi connectivity index (χ4n) is 3.45. The van der Waals surface area contributed by atoms with Crippen molar-refractivity contribution in [2.45, 2.75) is 6.04 Å². The molecule has 4 aromatic heterocycles. The van der Waals surface area contributed by atoms with Crippen molar-refractivity contribution < 1.29 is 4.79 Å². The van der Waals surface area contributed by atoms with Crippen molar-refractivity contribution in [2.24, 2.45) is 12.8 Å². The quantitative estimate of drug-likeness (QED) is 0.537. The lowest BCUT2D eigenvalue weighted by Gasteiger charge is -2.37. The molecule has 0 unspecified atom stereocenters. The van der Waals surface area contributed by atoms with Crippen molar-refractivity contribution in [3.8, 4) is 11.1 Å². The zero-order valence-electron chi connectivity index (χ0n) is 16.4. The van der Waals surface area contributed by atoms with Gasteiger partial charge in [-0.25, -0.2) is 9.97 Å². The lowest BCUT2D eigenvalue weighted by atomic mass is 10.1. The van der Waals surface area contributed by atoms with Gasteiger partial charge >= 0.3 is 0 Å². The van der Waals surface area contributed by atoms with Crippen LogP contribution in [0.5, 0.6) is 0 Å². The lowest BCUT2D eigenvalue weighted by Crippen LogP contribution is -2.56. The number of rotatable bonds is 4. The predicted molar refractivity (Wildman–Crippen MR) is 114 cm³/mol. The highest BCUT2D eigenvalue weighted by Gasteiger charge is 2.24. The molecule has 1 aliphatic rings. The van der Waals surface area contributed by atoms with E-state index in [0.29, 0.717) is 11.4 Å². The minimum absolute atomic E-state index is 0.163. The Hall–Kier alpha value is -3.85. The first-order valence-corrected chi connectivity index (χ1v) is 9.58. The number of hydrogen-bond acceptors (Lipinski definition) is 7. The normalized spacial score (nSPS) is 14.0. The van der Waals surface area contributed by atoms with Gasteiger partial charge in [0, 0.05) is 66.8 Å². The Kier molecular flexibility index (Phi) is 4.36. The average molecular weight is 400 g/mol. The summed E-state index contributed by atoms with van der Waals surface area (Å²) in [6.45, 7) is 1.49. The molecule has 5 rings (SSSR count). The highest BCUT2D eigenvalue weighted by Crippen LogP contribution is 2.24. The second-order valence-corrected chi connectivity index (χ2v) is 7.41. The second-order valence-electron chi connectivity index (χ2n) is 7.41. The third kappa shape index (κ3) is 3.46. The van der Waals surface area contributed by atoms with E-state index in [9.17, 15) is 4.79 Å². The van der Waals surface area contributed by atoms with Crippen molar-refractivity contribution in [3.05, 3.63) is 60.8 Å². The maximum absolute atomic E-state index is 12.7. The summed E-state index contributed by atoms with van der Waals surface area (Å²) in [5.41, 5.74) is 9.03. The number of amides is 1. The summed E-state index contributed by atoms with van der Waals surface area (Å²) in [5, 5.41) is 7.94. The van der Waals surface area contributed by atoms with Gasteiger partial charge in [-0.3, -0.25) is 14.5 Å². The summed E-state index contributed by atoms with van der Waals surface area (Å²) < 4.78 is 1.74. The summed E-state index contributed by atoms with van der Waals surface area (Å²) in [7, 11) is 1.87. The molecule has 150 valence electrons. The Balaban J connectivity index is 1.38. The van der Waals surface area contributed by atoms with E-state index >= 15 is 0 Å². The van der Waals surface area contributed by atoms with Crippen LogP contribution in [0.3, 0.4) is 0 Å². The molecule has 0 aliphatic carbocycles. The maximum atomic E-state index is 12.7. The number of fused-ring (bicyclic) bond motifs is 1. The second kappa shape index (κ2) is 7.20. The number of nitrogens with zero attached hydrogens (tertiary/aromatic N) is 6. The molecule has 3 N–H and O–H groups in total. The van der Waals surface area contributed by atoms with Gasteiger partial charge in [-0.2, -0.15) is 5.10 Å². The van der Waals surface area contributed by atoms with E-state index in [1.165, 1.54) is 0 Å². The number of anilines is 2. The van der Waals surface area contributed by atoms with Gasteiger partial charge in [-0.05, 0) is 24.3 Å². The van der Waals surface area contributed by atoms with Crippen LogP contribution in [0.15, 0.2) is 55.2 Å². The van der Waals surface area contributed by atoms with Gasteiger partial charge in [0.1, 0.15) is 11.6 Å². The Morgan fingerprint density at radius 1 is 1.10 bits per heavy atom. The first-order valence-electron chi connectivity index (χ1n) is 9.58.